The molecule has 0 spiro atoms. The summed E-state index contributed by atoms with van der Waals surface area (Å²) in [7, 11) is 3.38. The summed E-state index contributed by atoms with van der Waals surface area (Å²) in [5.74, 6) is 0. The monoisotopic (exact) mass is 172 g/mol. The Balaban J connectivity index is 0.000000217. The highest BCUT2D eigenvalue weighted by atomic mass is 16.1. The summed E-state index contributed by atoms with van der Waals surface area (Å²) in [4.78, 5) is 10.9. The summed E-state index contributed by atoms with van der Waals surface area (Å²) in [5, 5.41) is 0. The molecule has 1 fully saturated rings. The van der Waals surface area contributed by atoms with Gasteiger partial charge < -0.3 is 10.6 Å². The lowest BCUT2D eigenvalue weighted by molar-refractivity contribution is -0.115. The molecule has 0 heterocycles. The highest BCUT2D eigenvalue weighted by Gasteiger charge is 2.06. The third-order valence-electron chi connectivity index (χ3n) is 1.86. The van der Waals surface area contributed by atoms with Gasteiger partial charge in [0.15, 0.2) is 0 Å². The molecule has 0 unspecified atom stereocenters. The van der Waals surface area contributed by atoms with Gasteiger partial charge in [0.1, 0.15) is 0 Å². The number of amides is 1. The highest BCUT2D eigenvalue weighted by Crippen LogP contribution is 2.14. The van der Waals surface area contributed by atoms with E-state index in [-0.39, 0.29) is 0 Å². The average molecular weight is 172 g/mol. The first kappa shape index (κ1) is 11.4. The molecule has 12 heavy (non-hydrogen) atoms. The van der Waals surface area contributed by atoms with Crippen LogP contribution in [0.4, 0.5) is 0 Å². The van der Waals surface area contributed by atoms with E-state index in [1.54, 1.807) is 14.1 Å². The first-order valence-corrected chi connectivity index (χ1v) is 4.54. The Bertz CT molecular complexity index is 109. The average Bonchev–Trinajstić information content (AvgIpc) is 2.07. The Kier molecular flexibility index (Phi) is 6.76. The van der Waals surface area contributed by atoms with Crippen LogP contribution in [0.1, 0.15) is 32.1 Å². The van der Waals surface area contributed by atoms with Crippen LogP contribution < -0.4 is 5.73 Å². The standard InChI is InChI=1S/C6H13N.C3H7NO/c7-6-4-2-1-3-5-6;1-4(2)3-5/h6H,1-5,7H2;3H,1-2H3. The van der Waals surface area contributed by atoms with Crippen molar-refractivity contribution in [2.45, 2.75) is 38.1 Å². The first-order chi connectivity index (χ1) is 5.66. The molecule has 0 aromatic heterocycles. The van der Waals surface area contributed by atoms with E-state index in [0.717, 1.165) is 6.41 Å². The van der Waals surface area contributed by atoms with Crippen molar-refractivity contribution < 1.29 is 4.79 Å². The molecule has 0 aliphatic heterocycles. The van der Waals surface area contributed by atoms with Gasteiger partial charge in [-0.2, -0.15) is 0 Å². The van der Waals surface area contributed by atoms with E-state index >= 15 is 0 Å². The van der Waals surface area contributed by atoms with Crippen LogP contribution >= 0.6 is 0 Å². The van der Waals surface area contributed by atoms with E-state index in [1.165, 1.54) is 37.0 Å². The van der Waals surface area contributed by atoms with E-state index in [0.29, 0.717) is 6.04 Å². The van der Waals surface area contributed by atoms with Crippen LogP contribution in [0.2, 0.25) is 0 Å². The zero-order valence-corrected chi connectivity index (χ0v) is 8.12. The second-order valence-corrected chi connectivity index (χ2v) is 3.47. The normalized spacial score (nSPS) is 17.6. The molecule has 0 aromatic carbocycles. The summed E-state index contributed by atoms with van der Waals surface area (Å²) in [6.45, 7) is 0. The van der Waals surface area contributed by atoms with Crippen LogP contribution in [0.25, 0.3) is 0 Å². The van der Waals surface area contributed by atoms with Gasteiger partial charge in [0.05, 0.1) is 0 Å². The van der Waals surface area contributed by atoms with Gasteiger partial charge in [-0.15, -0.1) is 0 Å². The van der Waals surface area contributed by atoms with Crippen molar-refractivity contribution >= 4 is 6.41 Å². The maximum Gasteiger partial charge on any atom is 0.209 e. The number of carbonyl (C=O) groups excluding carboxylic acids is 1. The fourth-order valence-electron chi connectivity index (χ4n) is 1.13. The number of carbonyl (C=O) groups is 1. The lowest BCUT2D eigenvalue weighted by atomic mass is 9.97. The van der Waals surface area contributed by atoms with Crippen LogP contribution in [0.15, 0.2) is 0 Å². The second kappa shape index (κ2) is 7.10. The van der Waals surface area contributed by atoms with E-state index in [2.05, 4.69) is 0 Å². The minimum atomic E-state index is 0.536. The molecule has 0 atom stereocenters. The first-order valence-electron chi connectivity index (χ1n) is 4.54. The molecule has 0 bridgehead atoms. The maximum absolute atomic E-state index is 9.43. The second-order valence-electron chi connectivity index (χ2n) is 3.47. The van der Waals surface area contributed by atoms with Crippen molar-refractivity contribution in [1.82, 2.24) is 4.90 Å². The molecule has 0 aromatic rings. The third-order valence-corrected chi connectivity index (χ3v) is 1.86. The Hall–Kier alpha value is -0.570. The SMILES string of the molecule is CN(C)C=O.NC1CCCCC1. The summed E-state index contributed by atoms with van der Waals surface area (Å²) in [6, 6.07) is 0.536. The van der Waals surface area contributed by atoms with Crippen molar-refractivity contribution in [2.75, 3.05) is 14.1 Å². The maximum atomic E-state index is 9.43. The molecular formula is C9H20N2O. The number of hydrogen-bond donors (Lipinski definition) is 1. The molecule has 1 aliphatic rings. The predicted molar refractivity (Wildman–Crippen MR) is 50.8 cm³/mol. The molecule has 1 saturated carbocycles. The lowest BCUT2D eigenvalue weighted by Gasteiger charge is -2.15. The minimum Gasteiger partial charge on any atom is -0.351 e. The predicted octanol–water partition coefficient (Wildman–Crippen LogP) is 0.982. The van der Waals surface area contributed by atoms with Crippen molar-refractivity contribution in [3.05, 3.63) is 0 Å². The zero-order valence-electron chi connectivity index (χ0n) is 8.12. The Labute approximate surface area is 74.9 Å². The van der Waals surface area contributed by atoms with Crippen molar-refractivity contribution in [3.8, 4) is 0 Å². The van der Waals surface area contributed by atoms with Crippen molar-refractivity contribution in [2.24, 2.45) is 5.73 Å². The van der Waals surface area contributed by atoms with E-state index < -0.39 is 0 Å². The molecule has 0 radical (unpaired) electrons. The van der Waals surface area contributed by atoms with Crippen molar-refractivity contribution in [3.63, 3.8) is 0 Å². The fourth-order valence-corrected chi connectivity index (χ4v) is 1.13. The number of nitrogens with zero attached hydrogens (tertiary/aromatic N) is 1. The Morgan fingerprint density at radius 2 is 1.67 bits per heavy atom. The van der Waals surface area contributed by atoms with Gasteiger partial charge in [0.2, 0.25) is 6.41 Å². The minimum absolute atomic E-state index is 0.536. The van der Waals surface area contributed by atoms with Crippen LogP contribution in [-0.2, 0) is 4.79 Å². The largest absolute Gasteiger partial charge is 0.351 e. The Morgan fingerprint density at radius 3 is 1.83 bits per heavy atom. The number of nitrogens with two attached hydrogens (primary N) is 1. The van der Waals surface area contributed by atoms with Gasteiger partial charge >= 0.3 is 0 Å². The van der Waals surface area contributed by atoms with Crippen LogP contribution in [0.5, 0.6) is 0 Å². The lowest BCUT2D eigenvalue weighted by Crippen LogP contribution is -2.22. The number of hydrogen-bond acceptors (Lipinski definition) is 2. The zero-order chi connectivity index (χ0) is 9.40. The molecule has 3 nitrogen and oxygen atoms in total. The quantitative estimate of drug-likeness (QED) is 0.599. The topological polar surface area (TPSA) is 46.3 Å². The molecule has 1 amide bonds. The molecule has 72 valence electrons. The van der Waals surface area contributed by atoms with Crippen LogP contribution in [-0.4, -0.2) is 31.4 Å². The van der Waals surface area contributed by atoms with Gasteiger partial charge in [-0.05, 0) is 12.8 Å². The van der Waals surface area contributed by atoms with Crippen LogP contribution in [0.3, 0.4) is 0 Å². The fraction of sp³-hybridized carbons (Fsp3) is 0.889. The van der Waals surface area contributed by atoms with Crippen molar-refractivity contribution in [1.29, 1.82) is 0 Å². The summed E-state index contributed by atoms with van der Waals surface area (Å²) < 4.78 is 0. The van der Waals surface area contributed by atoms with Crippen LogP contribution in [0, 0.1) is 0 Å². The number of rotatable bonds is 1. The summed E-state index contributed by atoms with van der Waals surface area (Å²) >= 11 is 0. The molecule has 0 saturated heterocycles. The van der Waals surface area contributed by atoms with Gasteiger partial charge in [-0.25, -0.2) is 0 Å². The molecule has 1 aliphatic carbocycles. The van der Waals surface area contributed by atoms with Gasteiger partial charge in [0.25, 0.3) is 0 Å². The molecular weight excluding hydrogens is 152 g/mol. The smallest absolute Gasteiger partial charge is 0.209 e. The Morgan fingerprint density at radius 1 is 1.25 bits per heavy atom. The molecule has 2 N–H and O–H groups in total. The van der Waals surface area contributed by atoms with E-state index in [9.17, 15) is 4.79 Å². The van der Waals surface area contributed by atoms with Gasteiger partial charge in [0, 0.05) is 20.1 Å². The van der Waals surface area contributed by atoms with E-state index in [4.69, 9.17) is 5.73 Å². The van der Waals surface area contributed by atoms with Gasteiger partial charge in [-0.3, -0.25) is 4.79 Å². The molecule has 1 rings (SSSR count). The summed E-state index contributed by atoms with van der Waals surface area (Å²) in [6.07, 6.45) is 7.41. The molecule has 3 heteroatoms. The van der Waals surface area contributed by atoms with E-state index in [1.807, 2.05) is 0 Å². The highest BCUT2D eigenvalue weighted by molar-refractivity contribution is 5.45. The third kappa shape index (κ3) is 7.54. The summed E-state index contributed by atoms with van der Waals surface area (Å²) in [5.41, 5.74) is 5.63. The van der Waals surface area contributed by atoms with Gasteiger partial charge in [-0.1, -0.05) is 19.3 Å².